The van der Waals surface area contributed by atoms with Gasteiger partial charge in [-0.15, -0.1) is 0 Å². The van der Waals surface area contributed by atoms with Crippen LogP contribution < -0.4 is 5.53 Å². The van der Waals surface area contributed by atoms with Gasteiger partial charge in [0.1, 0.15) is 0 Å². The second-order valence-electron chi connectivity index (χ2n) is 2.46. The van der Waals surface area contributed by atoms with Crippen molar-refractivity contribution in [2.75, 3.05) is 13.6 Å². The summed E-state index contributed by atoms with van der Waals surface area (Å²) in [6, 6.07) is 0. The first kappa shape index (κ1) is 7.32. The largest absolute Gasteiger partial charge is 0.409 e. The molecule has 0 unspecified atom stereocenters. The topological polar surface area (TPSA) is 18.5 Å². The van der Waals surface area contributed by atoms with Gasteiger partial charge in [-0.3, -0.25) is 0 Å². The van der Waals surface area contributed by atoms with Crippen molar-refractivity contribution in [1.82, 2.24) is 15.6 Å². The quantitative estimate of drug-likeness (QED) is 0.583. The van der Waals surface area contributed by atoms with Crippen LogP contribution in [0.3, 0.4) is 0 Å². The van der Waals surface area contributed by atoms with Crippen LogP contribution in [0.1, 0.15) is 19.8 Å². The van der Waals surface area contributed by atoms with E-state index in [-0.39, 0.29) is 0 Å². The fraction of sp³-hybridized carbons (Fsp3) is 0.714. The van der Waals surface area contributed by atoms with Crippen LogP contribution in [0.4, 0.5) is 0 Å². The highest BCUT2D eigenvalue weighted by Crippen LogP contribution is 1.98. The second-order valence-corrected chi connectivity index (χ2v) is 2.46. The maximum atomic E-state index is 3.09. The van der Waals surface area contributed by atoms with Crippen molar-refractivity contribution in [3.8, 4) is 0 Å². The number of nitrogens with zero attached hydrogens (tertiary/aromatic N) is 2. The Kier molecular flexibility index (Phi) is 2.49. The Morgan fingerprint density at radius 2 is 2.40 bits per heavy atom. The number of hydrazine groups is 2. The molecule has 0 saturated carbocycles. The lowest BCUT2D eigenvalue weighted by Crippen LogP contribution is -2.37. The van der Waals surface area contributed by atoms with Crippen molar-refractivity contribution in [3.63, 3.8) is 0 Å². The van der Waals surface area contributed by atoms with Crippen molar-refractivity contribution in [1.29, 1.82) is 0 Å². The normalized spacial score (nSPS) is 16.2. The van der Waals surface area contributed by atoms with Crippen LogP contribution in [-0.2, 0) is 0 Å². The van der Waals surface area contributed by atoms with Gasteiger partial charge in [-0.05, 0) is 6.42 Å². The van der Waals surface area contributed by atoms with Crippen molar-refractivity contribution in [3.05, 3.63) is 12.4 Å². The van der Waals surface area contributed by atoms with Crippen LogP contribution in [0.15, 0.2) is 6.20 Å². The third-order valence-corrected chi connectivity index (χ3v) is 1.44. The van der Waals surface area contributed by atoms with Crippen LogP contribution in [0, 0.1) is 6.20 Å². The van der Waals surface area contributed by atoms with Gasteiger partial charge >= 0.3 is 6.20 Å². The van der Waals surface area contributed by atoms with Crippen LogP contribution in [0.5, 0.6) is 0 Å². The van der Waals surface area contributed by atoms with E-state index in [0.29, 0.717) is 0 Å². The lowest BCUT2D eigenvalue weighted by molar-refractivity contribution is 0.156. The van der Waals surface area contributed by atoms with Crippen molar-refractivity contribution < 1.29 is 0 Å². The molecule has 10 heavy (non-hydrogen) atoms. The van der Waals surface area contributed by atoms with E-state index in [9.17, 15) is 0 Å². The highest BCUT2D eigenvalue weighted by molar-refractivity contribution is 4.76. The predicted molar refractivity (Wildman–Crippen MR) is 40.3 cm³/mol. The minimum Gasteiger partial charge on any atom is -0.246 e. The van der Waals surface area contributed by atoms with Crippen LogP contribution >= 0.6 is 0 Å². The summed E-state index contributed by atoms with van der Waals surface area (Å²) in [6.07, 6.45) is 7.38. The van der Waals surface area contributed by atoms with E-state index in [4.69, 9.17) is 0 Å². The number of unbranched alkanes of at least 4 members (excludes halogenated alkanes) is 1. The molecule has 3 nitrogen and oxygen atoms in total. The first-order chi connectivity index (χ1) is 4.83. The Bertz CT molecular complexity index is 122. The number of hydrogen-bond acceptors (Lipinski definition) is 3. The molecule has 56 valence electrons. The molecule has 0 bridgehead atoms. The molecule has 0 spiro atoms. The van der Waals surface area contributed by atoms with Gasteiger partial charge in [-0.25, -0.2) is 5.01 Å². The molecule has 1 aliphatic heterocycles. The number of rotatable bonds is 3. The molecule has 1 heterocycles. The van der Waals surface area contributed by atoms with E-state index in [2.05, 4.69) is 18.7 Å². The van der Waals surface area contributed by atoms with Gasteiger partial charge in [0.25, 0.3) is 6.20 Å². The maximum Gasteiger partial charge on any atom is 0.409 e. The molecule has 0 amide bonds. The number of hydrogen-bond donors (Lipinski definition) is 1. The van der Waals surface area contributed by atoms with E-state index < -0.39 is 0 Å². The molecule has 0 aliphatic carbocycles. The van der Waals surface area contributed by atoms with E-state index in [0.717, 1.165) is 6.54 Å². The van der Waals surface area contributed by atoms with Crippen LogP contribution in [-0.4, -0.2) is 23.6 Å². The molecule has 1 rings (SSSR count). The highest BCUT2D eigenvalue weighted by atomic mass is 15.8. The third-order valence-electron chi connectivity index (χ3n) is 1.44. The van der Waals surface area contributed by atoms with Gasteiger partial charge in [0.2, 0.25) is 0 Å². The minimum atomic E-state index is 1.06. The molecule has 0 atom stereocenters. The summed E-state index contributed by atoms with van der Waals surface area (Å²) < 4.78 is 0. The molecule has 0 fully saturated rings. The Labute approximate surface area is 62.2 Å². The smallest absolute Gasteiger partial charge is 0.246 e. The molecule has 3 heteroatoms. The van der Waals surface area contributed by atoms with Crippen molar-refractivity contribution in [2.45, 2.75) is 19.8 Å². The molecule has 0 aromatic rings. The summed E-state index contributed by atoms with van der Waals surface area (Å²) >= 11 is 0. The summed E-state index contributed by atoms with van der Waals surface area (Å²) in [6.45, 7) is 3.25. The molecule has 0 radical (unpaired) electrons. The maximum absolute atomic E-state index is 3.09. The van der Waals surface area contributed by atoms with E-state index in [1.54, 1.807) is 0 Å². The molecule has 1 N–H and O–H groups in total. The summed E-state index contributed by atoms with van der Waals surface area (Å²) in [5.41, 5.74) is 3.09. The number of nitrogens with one attached hydrogen (secondary N) is 1. The standard InChI is InChI=1S/C7H14N3/c1-3-4-5-10-7-6-9(2)8-10/h7-8H,3-5H2,1-2H3/q+1. The lowest BCUT2D eigenvalue weighted by atomic mass is 10.3. The molecular weight excluding hydrogens is 126 g/mol. The van der Waals surface area contributed by atoms with Gasteiger partial charge in [-0.2, -0.15) is 0 Å². The highest BCUT2D eigenvalue weighted by Gasteiger charge is 2.18. The Hall–Kier alpha value is -0.790. The van der Waals surface area contributed by atoms with Gasteiger partial charge in [0, 0.05) is 6.54 Å². The molecule has 0 saturated heterocycles. The van der Waals surface area contributed by atoms with Crippen molar-refractivity contribution >= 4 is 0 Å². The zero-order chi connectivity index (χ0) is 7.40. The van der Waals surface area contributed by atoms with Crippen LogP contribution in [0.2, 0.25) is 0 Å². The Morgan fingerprint density at radius 1 is 1.60 bits per heavy atom. The van der Waals surface area contributed by atoms with Crippen molar-refractivity contribution in [2.24, 2.45) is 0 Å². The fourth-order valence-electron chi connectivity index (χ4n) is 0.850. The summed E-state index contributed by atoms with van der Waals surface area (Å²) in [7, 11) is 1.93. The predicted octanol–water partition coefficient (Wildman–Crippen LogP) is 0.728. The minimum absolute atomic E-state index is 1.06. The lowest BCUT2D eigenvalue weighted by Gasteiger charge is -2.11. The Balaban J connectivity index is 2.14. The third kappa shape index (κ3) is 1.87. The first-order valence-corrected chi connectivity index (χ1v) is 3.69. The molecular formula is C7H14N3+. The first-order valence-electron chi connectivity index (χ1n) is 3.69. The zero-order valence-electron chi connectivity index (χ0n) is 6.59. The molecule has 0 aromatic carbocycles. The average Bonchev–Trinajstić information content (AvgIpc) is 2.31. The SMILES string of the molecule is CCCCN1C=[C+]N(C)N1. The van der Waals surface area contributed by atoms with E-state index >= 15 is 0 Å². The van der Waals surface area contributed by atoms with Gasteiger partial charge in [0.05, 0.1) is 7.05 Å². The summed E-state index contributed by atoms with van der Waals surface area (Å²) in [5, 5.41) is 3.85. The second kappa shape index (κ2) is 3.40. The van der Waals surface area contributed by atoms with E-state index in [1.807, 2.05) is 23.3 Å². The Morgan fingerprint density at radius 3 is 2.90 bits per heavy atom. The van der Waals surface area contributed by atoms with Gasteiger partial charge in [-0.1, -0.05) is 23.9 Å². The summed E-state index contributed by atoms with van der Waals surface area (Å²) in [4.78, 5) is 0. The monoisotopic (exact) mass is 140 g/mol. The summed E-state index contributed by atoms with van der Waals surface area (Å²) in [5.74, 6) is 0. The average molecular weight is 140 g/mol. The van der Waals surface area contributed by atoms with Gasteiger partial charge < -0.3 is 0 Å². The van der Waals surface area contributed by atoms with Gasteiger partial charge in [0.15, 0.2) is 0 Å². The van der Waals surface area contributed by atoms with E-state index in [1.165, 1.54) is 12.8 Å². The molecule has 1 aliphatic rings. The zero-order valence-corrected chi connectivity index (χ0v) is 6.59. The molecule has 0 aromatic heterocycles. The van der Waals surface area contributed by atoms with Crippen LogP contribution in [0.25, 0.3) is 0 Å². The fourth-order valence-corrected chi connectivity index (χ4v) is 0.850.